The van der Waals surface area contributed by atoms with Crippen LogP contribution in [0.4, 0.5) is 0 Å². The number of nitrogens with zero attached hydrogens (tertiary/aromatic N) is 2. The third-order valence-electron chi connectivity index (χ3n) is 4.72. The number of rotatable bonds is 5. The molecule has 1 fully saturated rings. The largest absolute Gasteiger partial charge is 0.352 e. The van der Waals surface area contributed by atoms with Crippen LogP contribution in [0.15, 0.2) is 24.4 Å². The minimum Gasteiger partial charge on any atom is -0.352 e. The van der Waals surface area contributed by atoms with Crippen LogP contribution >= 0.6 is 0 Å². The van der Waals surface area contributed by atoms with Crippen molar-refractivity contribution in [2.45, 2.75) is 51.6 Å². The lowest BCUT2D eigenvalue weighted by molar-refractivity contribution is -0.122. The summed E-state index contributed by atoms with van der Waals surface area (Å²) in [5.74, 6) is 0.516. The lowest BCUT2D eigenvalue weighted by atomic mass is 9.96. The Morgan fingerprint density at radius 2 is 2.43 bits per heavy atom. The Bertz CT molecular complexity index is 673. The topological polar surface area (TPSA) is 59.0 Å². The summed E-state index contributed by atoms with van der Waals surface area (Å²) in [4.78, 5) is 16.9. The molecule has 2 aromatic rings. The Morgan fingerprint density at radius 1 is 1.57 bits per heavy atom. The predicted molar refractivity (Wildman–Crippen MR) is 92.5 cm³/mol. The van der Waals surface area contributed by atoms with Gasteiger partial charge in [-0.15, -0.1) is 0 Å². The van der Waals surface area contributed by atoms with E-state index in [2.05, 4.69) is 39.2 Å². The highest BCUT2D eigenvalue weighted by Crippen LogP contribution is 2.28. The Balaban J connectivity index is 1.91. The van der Waals surface area contributed by atoms with Gasteiger partial charge in [-0.05, 0) is 50.9 Å². The van der Waals surface area contributed by atoms with E-state index in [-0.39, 0.29) is 11.9 Å². The number of carbonyl (C=O) groups excluding carboxylic acids is 1. The van der Waals surface area contributed by atoms with Crippen LogP contribution in [-0.4, -0.2) is 34.6 Å². The molecular formula is C18H26N4O. The van der Waals surface area contributed by atoms with Gasteiger partial charge in [-0.1, -0.05) is 6.92 Å². The summed E-state index contributed by atoms with van der Waals surface area (Å²) >= 11 is 0. The first-order valence-electron chi connectivity index (χ1n) is 8.63. The highest BCUT2D eigenvalue weighted by molar-refractivity contribution is 5.82. The monoisotopic (exact) mass is 314 g/mol. The van der Waals surface area contributed by atoms with Crippen LogP contribution in [0.5, 0.6) is 0 Å². The maximum atomic E-state index is 12.4. The van der Waals surface area contributed by atoms with Gasteiger partial charge < -0.3 is 15.2 Å². The van der Waals surface area contributed by atoms with E-state index in [1.54, 1.807) is 6.20 Å². The van der Waals surface area contributed by atoms with E-state index in [4.69, 9.17) is 0 Å². The molecule has 23 heavy (non-hydrogen) atoms. The van der Waals surface area contributed by atoms with Crippen molar-refractivity contribution in [2.75, 3.05) is 13.1 Å². The molecule has 0 saturated carbocycles. The number of amides is 1. The average Bonchev–Trinajstić information content (AvgIpc) is 2.94. The van der Waals surface area contributed by atoms with E-state index in [1.807, 2.05) is 13.0 Å². The minimum atomic E-state index is 0.0625. The number of pyridine rings is 1. The summed E-state index contributed by atoms with van der Waals surface area (Å²) in [6.45, 7) is 6.52. The summed E-state index contributed by atoms with van der Waals surface area (Å²) in [5.41, 5.74) is 2.14. The van der Waals surface area contributed by atoms with Crippen molar-refractivity contribution in [3.05, 3.63) is 30.1 Å². The zero-order valence-electron chi connectivity index (χ0n) is 14.0. The fraction of sp³-hybridized carbons (Fsp3) is 0.556. The van der Waals surface area contributed by atoms with E-state index < -0.39 is 0 Å². The Kier molecular flexibility index (Phi) is 4.96. The first kappa shape index (κ1) is 16.0. The van der Waals surface area contributed by atoms with Gasteiger partial charge in [0.25, 0.3) is 0 Å². The number of carbonyl (C=O) groups is 1. The summed E-state index contributed by atoms with van der Waals surface area (Å²) in [7, 11) is 0. The van der Waals surface area contributed by atoms with Crippen LogP contribution in [0, 0.1) is 0 Å². The molecule has 0 bridgehead atoms. The molecule has 0 aromatic carbocycles. The molecule has 2 N–H and O–H groups in total. The van der Waals surface area contributed by atoms with Gasteiger partial charge in [-0.25, -0.2) is 4.98 Å². The number of nitrogens with one attached hydrogen (secondary N) is 2. The van der Waals surface area contributed by atoms with Crippen molar-refractivity contribution >= 4 is 16.9 Å². The first-order chi connectivity index (χ1) is 11.2. The molecule has 2 aromatic heterocycles. The number of hydrogen-bond donors (Lipinski definition) is 2. The molecule has 0 radical (unpaired) electrons. The molecule has 1 saturated heterocycles. The summed E-state index contributed by atoms with van der Waals surface area (Å²) < 4.78 is 2.10. The first-order valence-corrected chi connectivity index (χ1v) is 8.63. The maximum absolute atomic E-state index is 12.4. The predicted octanol–water partition coefficient (Wildman–Crippen LogP) is 2.42. The lowest BCUT2D eigenvalue weighted by Gasteiger charge is -2.24. The summed E-state index contributed by atoms with van der Waals surface area (Å²) in [5, 5.41) is 7.64. The van der Waals surface area contributed by atoms with Gasteiger partial charge in [-0.3, -0.25) is 4.79 Å². The van der Waals surface area contributed by atoms with Crippen molar-refractivity contribution in [1.82, 2.24) is 20.2 Å². The number of piperidine rings is 1. The molecule has 1 aliphatic heterocycles. The Hall–Kier alpha value is -1.88. The molecule has 124 valence electrons. The van der Waals surface area contributed by atoms with Gasteiger partial charge in [0.1, 0.15) is 12.2 Å². The van der Waals surface area contributed by atoms with Crippen LogP contribution in [0.25, 0.3) is 11.0 Å². The zero-order valence-corrected chi connectivity index (χ0v) is 14.0. The molecule has 1 aliphatic rings. The second-order valence-electron chi connectivity index (χ2n) is 6.49. The molecule has 2 atom stereocenters. The number of fused-ring (bicyclic) bond motifs is 1. The highest BCUT2D eigenvalue weighted by Gasteiger charge is 2.22. The molecule has 3 rings (SSSR count). The quantitative estimate of drug-likeness (QED) is 0.891. The van der Waals surface area contributed by atoms with Gasteiger partial charge in [0.2, 0.25) is 5.91 Å². The standard InChI is InChI=1S/C18H26N4O/c1-3-13(2)21-17(23)12-22-16(15-7-4-8-19-11-15)10-14-6-5-9-20-18(14)22/h5-6,9-10,13,15,19H,3-4,7-8,11-12H2,1-2H3,(H,21,23)/t13-,15+/m1/s1. The molecule has 0 aliphatic carbocycles. The van der Waals surface area contributed by atoms with E-state index in [0.717, 1.165) is 37.0 Å². The molecule has 0 spiro atoms. The van der Waals surface area contributed by atoms with Crippen molar-refractivity contribution < 1.29 is 4.79 Å². The van der Waals surface area contributed by atoms with E-state index >= 15 is 0 Å². The van der Waals surface area contributed by atoms with Crippen LogP contribution < -0.4 is 10.6 Å². The van der Waals surface area contributed by atoms with Crippen LogP contribution in [-0.2, 0) is 11.3 Å². The highest BCUT2D eigenvalue weighted by atomic mass is 16.2. The van der Waals surface area contributed by atoms with E-state index in [0.29, 0.717) is 12.5 Å². The van der Waals surface area contributed by atoms with Crippen LogP contribution in [0.2, 0.25) is 0 Å². The Morgan fingerprint density at radius 3 is 3.17 bits per heavy atom. The van der Waals surface area contributed by atoms with E-state index in [9.17, 15) is 4.79 Å². The third kappa shape index (κ3) is 3.55. The zero-order chi connectivity index (χ0) is 16.2. The molecule has 5 heteroatoms. The van der Waals surface area contributed by atoms with Gasteiger partial charge in [0.15, 0.2) is 0 Å². The molecule has 1 amide bonds. The van der Waals surface area contributed by atoms with Crippen molar-refractivity contribution in [3.8, 4) is 0 Å². The fourth-order valence-electron chi connectivity index (χ4n) is 3.28. The molecule has 0 unspecified atom stereocenters. The second-order valence-corrected chi connectivity index (χ2v) is 6.49. The number of aromatic nitrogens is 2. The lowest BCUT2D eigenvalue weighted by Crippen LogP contribution is -2.36. The van der Waals surface area contributed by atoms with Crippen molar-refractivity contribution in [2.24, 2.45) is 0 Å². The van der Waals surface area contributed by atoms with Gasteiger partial charge in [0, 0.05) is 35.8 Å². The van der Waals surface area contributed by atoms with Crippen LogP contribution in [0.1, 0.15) is 44.7 Å². The minimum absolute atomic E-state index is 0.0625. The smallest absolute Gasteiger partial charge is 0.240 e. The summed E-state index contributed by atoms with van der Waals surface area (Å²) in [6, 6.07) is 6.44. The molecule has 3 heterocycles. The number of hydrogen-bond acceptors (Lipinski definition) is 3. The van der Waals surface area contributed by atoms with Crippen molar-refractivity contribution in [1.29, 1.82) is 0 Å². The molecular weight excluding hydrogens is 288 g/mol. The van der Waals surface area contributed by atoms with E-state index in [1.165, 1.54) is 12.1 Å². The second kappa shape index (κ2) is 7.13. The third-order valence-corrected chi connectivity index (χ3v) is 4.72. The summed E-state index contributed by atoms with van der Waals surface area (Å²) in [6.07, 6.45) is 5.08. The fourth-order valence-corrected chi connectivity index (χ4v) is 3.28. The van der Waals surface area contributed by atoms with Crippen LogP contribution in [0.3, 0.4) is 0 Å². The van der Waals surface area contributed by atoms with Gasteiger partial charge >= 0.3 is 0 Å². The SMILES string of the molecule is CC[C@@H](C)NC(=O)Cn1c([C@H]2CCCNC2)cc2cccnc21. The average molecular weight is 314 g/mol. The Labute approximate surface area is 137 Å². The van der Waals surface area contributed by atoms with Gasteiger partial charge in [0.05, 0.1) is 0 Å². The normalized spacial score (nSPS) is 19.7. The van der Waals surface area contributed by atoms with Crippen molar-refractivity contribution in [3.63, 3.8) is 0 Å². The molecule has 5 nitrogen and oxygen atoms in total. The maximum Gasteiger partial charge on any atom is 0.240 e. The van der Waals surface area contributed by atoms with Gasteiger partial charge in [-0.2, -0.15) is 0 Å².